The number of halogens is 2. The van der Waals surface area contributed by atoms with E-state index in [9.17, 15) is 14.5 Å². The minimum atomic E-state index is -0.451. The highest BCUT2D eigenvalue weighted by atomic mass is 35.5. The van der Waals surface area contributed by atoms with Gasteiger partial charge in [-0.2, -0.15) is 0 Å². The SMILES string of the molecule is O=[N+]([O-])c1cccc(CNc2cc(Cl)nc(-c3cccc(F)c3)n2)c1. The van der Waals surface area contributed by atoms with E-state index in [-0.39, 0.29) is 16.7 Å². The van der Waals surface area contributed by atoms with Gasteiger partial charge in [0.25, 0.3) is 5.69 Å². The van der Waals surface area contributed by atoms with E-state index in [1.54, 1.807) is 24.3 Å². The Bertz CT molecular complexity index is 936. The molecule has 126 valence electrons. The molecule has 2 aromatic carbocycles. The van der Waals surface area contributed by atoms with Crippen LogP contribution in [0.3, 0.4) is 0 Å². The number of nitro groups is 1. The topological polar surface area (TPSA) is 81.0 Å². The molecule has 0 bridgehead atoms. The maximum Gasteiger partial charge on any atom is 0.269 e. The van der Waals surface area contributed by atoms with E-state index in [2.05, 4.69) is 15.3 Å². The Morgan fingerprint density at radius 2 is 1.92 bits per heavy atom. The van der Waals surface area contributed by atoms with Crippen LogP contribution in [0, 0.1) is 15.9 Å². The van der Waals surface area contributed by atoms with Gasteiger partial charge in [0.15, 0.2) is 5.82 Å². The fourth-order valence-corrected chi connectivity index (χ4v) is 2.42. The van der Waals surface area contributed by atoms with Crippen LogP contribution in [0.5, 0.6) is 0 Å². The van der Waals surface area contributed by atoms with Gasteiger partial charge in [-0.1, -0.05) is 35.9 Å². The second kappa shape index (κ2) is 7.23. The lowest BCUT2D eigenvalue weighted by atomic mass is 10.2. The van der Waals surface area contributed by atoms with E-state index < -0.39 is 10.7 Å². The number of nitrogens with one attached hydrogen (secondary N) is 1. The predicted octanol–water partition coefficient (Wildman–Crippen LogP) is 4.46. The summed E-state index contributed by atoms with van der Waals surface area (Å²) in [5, 5.41) is 14.1. The summed E-state index contributed by atoms with van der Waals surface area (Å²) in [5.41, 5.74) is 1.23. The summed E-state index contributed by atoms with van der Waals surface area (Å²) in [6, 6.07) is 13.7. The van der Waals surface area contributed by atoms with Crippen LogP contribution >= 0.6 is 11.6 Å². The third-order valence-electron chi connectivity index (χ3n) is 3.37. The summed E-state index contributed by atoms with van der Waals surface area (Å²) in [4.78, 5) is 18.8. The lowest BCUT2D eigenvalue weighted by molar-refractivity contribution is -0.384. The van der Waals surface area contributed by atoms with Crippen LogP contribution < -0.4 is 5.32 Å². The first-order valence-electron chi connectivity index (χ1n) is 7.29. The first-order chi connectivity index (χ1) is 12.0. The van der Waals surface area contributed by atoms with Crippen molar-refractivity contribution in [3.63, 3.8) is 0 Å². The van der Waals surface area contributed by atoms with Crippen molar-refractivity contribution in [2.75, 3.05) is 5.32 Å². The number of nitrogens with zero attached hydrogens (tertiary/aromatic N) is 3. The largest absolute Gasteiger partial charge is 0.366 e. The standard InChI is InChI=1S/C17H12ClFN4O2/c18-15-9-16(20-10-11-3-1-6-14(7-11)23(24)25)22-17(21-15)12-4-2-5-13(19)8-12/h1-9H,10H2,(H,20,21,22). The highest BCUT2D eigenvalue weighted by molar-refractivity contribution is 6.29. The Hall–Kier alpha value is -3.06. The lowest BCUT2D eigenvalue weighted by Crippen LogP contribution is -2.03. The zero-order valence-corrected chi connectivity index (χ0v) is 13.6. The molecule has 1 heterocycles. The van der Waals surface area contributed by atoms with Crippen LogP contribution in [0.1, 0.15) is 5.56 Å². The Morgan fingerprint density at radius 1 is 1.12 bits per heavy atom. The first kappa shape index (κ1) is 16.8. The van der Waals surface area contributed by atoms with Crippen LogP contribution in [0.15, 0.2) is 54.6 Å². The molecule has 0 amide bonds. The van der Waals surface area contributed by atoms with Crippen molar-refractivity contribution in [2.24, 2.45) is 0 Å². The van der Waals surface area contributed by atoms with Gasteiger partial charge in [0.1, 0.15) is 16.8 Å². The molecule has 25 heavy (non-hydrogen) atoms. The summed E-state index contributed by atoms with van der Waals surface area (Å²) < 4.78 is 13.4. The fourth-order valence-electron chi connectivity index (χ4n) is 2.24. The molecule has 0 aliphatic heterocycles. The Labute approximate surface area is 147 Å². The average Bonchev–Trinajstić information content (AvgIpc) is 2.60. The van der Waals surface area contributed by atoms with Crippen LogP contribution in [-0.4, -0.2) is 14.9 Å². The molecule has 0 saturated heterocycles. The molecule has 3 aromatic rings. The maximum absolute atomic E-state index is 13.4. The quantitative estimate of drug-likeness (QED) is 0.414. The molecule has 0 aliphatic rings. The maximum atomic E-state index is 13.4. The number of benzene rings is 2. The molecule has 8 heteroatoms. The van der Waals surface area contributed by atoms with Gasteiger partial charge in [0.2, 0.25) is 0 Å². The minimum absolute atomic E-state index is 0.0143. The van der Waals surface area contributed by atoms with Gasteiger partial charge in [-0.15, -0.1) is 0 Å². The molecular formula is C17H12ClFN4O2. The average molecular weight is 359 g/mol. The minimum Gasteiger partial charge on any atom is -0.366 e. The van der Waals surface area contributed by atoms with Gasteiger partial charge >= 0.3 is 0 Å². The van der Waals surface area contributed by atoms with Crippen molar-refractivity contribution < 1.29 is 9.31 Å². The second-order valence-electron chi connectivity index (χ2n) is 5.19. The number of aromatic nitrogens is 2. The van der Waals surface area contributed by atoms with Gasteiger partial charge in [-0.3, -0.25) is 10.1 Å². The lowest BCUT2D eigenvalue weighted by Gasteiger charge is -2.08. The molecule has 0 fully saturated rings. The van der Waals surface area contributed by atoms with E-state index >= 15 is 0 Å². The predicted molar refractivity (Wildman–Crippen MR) is 92.9 cm³/mol. The molecule has 0 aliphatic carbocycles. The van der Waals surface area contributed by atoms with Crippen molar-refractivity contribution in [3.05, 3.63) is 81.2 Å². The molecule has 0 radical (unpaired) electrons. The zero-order chi connectivity index (χ0) is 17.8. The number of anilines is 1. The van der Waals surface area contributed by atoms with Crippen LogP contribution in [0.4, 0.5) is 15.9 Å². The smallest absolute Gasteiger partial charge is 0.269 e. The molecule has 0 unspecified atom stereocenters. The molecule has 3 rings (SSSR count). The van der Waals surface area contributed by atoms with E-state index in [1.807, 2.05) is 0 Å². The van der Waals surface area contributed by atoms with Crippen LogP contribution in [0.25, 0.3) is 11.4 Å². The Morgan fingerprint density at radius 3 is 2.68 bits per heavy atom. The summed E-state index contributed by atoms with van der Waals surface area (Å²) in [5.74, 6) is 0.325. The summed E-state index contributed by atoms with van der Waals surface area (Å²) >= 11 is 6.01. The second-order valence-corrected chi connectivity index (χ2v) is 5.58. The van der Waals surface area contributed by atoms with E-state index in [0.29, 0.717) is 17.9 Å². The van der Waals surface area contributed by atoms with Crippen molar-refractivity contribution in [3.8, 4) is 11.4 Å². The Balaban J connectivity index is 1.81. The number of nitro benzene ring substituents is 1. The van der Waals surface area contributed by atoms with Gasteiger partial charge in [0.05, 0.1) is 4.92 Å². The van der Waals surface area contributed by atoms with E-state index in [0.717, 1.165) is 5.56 Å². The number of rotatable bonds is 5. The zero-order valence-electron chi connectivity index (χ0n) is 12.8. The van der Waals surface area contributed by atoms with Gasteiger partial charge < -0.3 is 5.32 Å². The monoisotopic (exact) mass is 358 g/mol. The first-order valence-corrected chi connectivity index (χ1v) is 7.67. The van der Waals surface area contributed by atoms with Crippen molar-refractivity contribution in [1.29, 1.82) is 0 Å². The molecule has 0 saturated carbocycles. The summed E-state index contributed by atoms with van der Waals surface area (Å²) in [6.45, 7) is 0.317. The fraction of sp³-hybridized carbons (Fsp3) is 0.0588. The highest BCUT2D eigenvalue weighted by Gasteiger charge is 2.09. The molecule has 0 atom stereocenters. The molecule has 0 spiro atoms. The van der Waals surface area contributed by atoms with E-state index in [1.165, 1.54) is 30.3 Å². The third kappa shape index (κ3) is 4.27. The summed E-state index contributed by atoms with van der Waals surface area (Å²) in [6.07, 6.45) is 0. The molecule has 1 aromatic heterocycles. The Kier molecular flexibility index (Phi) is 4.85. The molecular weight excluding hydrogens is 347 g/mol. The number of hydrogen-bond acceptors (Lipinski definition) is 5. The van der Waals surface area contributed by atoms with Crippen molar-refractivity contribution >= 4 is 23.1 Å². The van der Waals surface area contributed by atoms with Crippen LogP contribution in [-0.2, 0) is 6.54 Å². The number of non-ortho nitro benzene ring substituents is 1. The summed E-state index contributed by atoms with van der Waals surface area (Å²) in [7, 11) is 0. The highest BCUT2D eigenvalue weighted by Crippen LogP contribution is 2.22. The van der Waals surface area contributed by atoms with E-state index in [4.69, 9.17) is 11.6 Å². The third-order valence-corrected chi connectivity index (χ3v) is 3.57. The van der Waals surface area contributed by atoms with Crippen molar-refractivity contribution in [1.82, 2.24) is 9.97 Å². The molecule has 6 nitrogen and oxygen atoms in total. The number of hydrogen-bond donors (Lipinski definition) is 1. The van der Waals surface area contributed by atoms with Crippen molar-refractivity contribution in [2.45, 2.75) is 6.54 Å². The van der Waals surface area contributed by atoms with Gasteiger partial charge in [-0.25, -0.2) is 14.4 Å². The van der Waals surface area contributed by atoms with Gasteiger partial charge in [0, 0.05) is 30.3 Å². The molecule has 1 N–H and O–H groups in total. The normalized spacial score (nSPS) is 10.5. The van der Waals surface area contributed by atoms with Gasteiger partial charge in [-0.05, 0) is 17.7 Å². The van der Waals surface area contributed by atoms with Crippen LogP contribution in [0.2, 0.25) is 5.15 Å².